The number of benzene rings is 1. The summed E-state index contributed by atoms with van der Waals surface area (Å²) in [5, 5.41) is 0. The van der Waals surface area contributed by atoms with Crippen molar-refractivity contribution in [3.63, 3.8) is 0 Å². The molecule has 148 valence electrons. The number of aromatic nitrogens is 1. The van der Waals surface area contributed by atoms with Crippen LogP contribution in [0.15, 0.2) is 28.8 Å². The number of thiazole rings is 1. The summed E-state index contributed by atoms with van der Waals surface area (Å²) in [5.74, 6) is -1.30. The molecule has 1 aromatic carbocycles. The Morgan fingerprint density at radius 2 is 1.78 bits per heavy atom. The van der Waals surface area contributed by atoms with Gasteiger partial charge in [0.25, 0.3) is 10.0 Å². The number of hydrogen-bond donors (Lipinski definition) is 0. The van der Waals surface area contributed by atoms with Gasteiger partial charge < -0.3 is 9.47 Å². The Kier molecular flexibility index (Phi) is 4.75. The largest absolute Gasteiger partial charge is 0.507 e. The number of ether oxygens (including phenoxy) is 2. The average Bonchev–Trinajstić information content (AvgIpc) is 2.87. The highest BCUT2D eigenvalue weighted by atomic mass is 32.2. The van der Waals surface area contributed by atoms with Crippen LogP contribution in [-0.2, 0) is 10.0 Å². The number of alkyl halides is 4. The first-order valence-corrected chi connectivity index (χ1v) is 10.1. The van der Waals surface area contributed by atoms with Crippen LogP contribution >= 0.6 is 11.3 Å². The molecule has 12 heteroatoms. The van der Waals surface area contributed by atoms with Gasteiger partial charge in [-0.1, -0.05) is 6.92 Å². The molecule has 0 atom stereocenters. The Hall–Kier alpha value is -2.08. The molecule has 0 aliphatic carbocycles. The van der Waals surface area contributed by atoms with Crippen LogP contribution in [0.3, 0.4) is 0 Å². The third-order valence-corrected chi connectivity index (χ3v) is 5.86. The van der Waals surface area contributed by atoms with E-state index in [1.165, 1.54) is 10.6 Å². The normalized spacial score (nSPS) is 18.5. The minimum atomic E-state index is -4.84. The highest BCUT2D eigenvalue weighted by Gasteiger charge is 2.65. The van der Waals surface area contributed by atoms with Crippen LogP contribution < -0.4 is 14.3 Å². The maximum Gasteiger partial charge on any atom is 0.507 e. The molecular formula is C15H14F4N2O4S2. The van der Waals surface area contributed by atoms with Crippen LogP contribution in [0.4, 0.5) is 17.6 Å². The number of halogens is 4. The number of hydrogen-bond acceptors (Lipinski definition) is 5. The number of nitrogens with zero attached hydrogens (tertiary/aromatic N) is 2. The molecule has 0 saturated heterocycles. The van der Waals surface area contributed by atoms with E-state index >= 15 is 0 Å². The zero-order valence-electron chi connectivity index (χ0n) is 14.1. The molecule has 0 fully saturated rings. The van der Waals surface area contributed by atoms with Gasteiger partial charge in [-0.15, -0.1) is 15.7 Å². The van der Waals surface area contributed by atoms with E-state index in [0.717, 1.165) is 23.5 Å². The summed E-state index contributed by atoms with van der Waals surface area (Å²) < 4.78 is 90.4. The first-order chi connectivity index (χ1) is 12.4. The summed E-state index contributed by atoms with van der Waals surface area (Å²) in [6, 6.07) is 3.40. The molecule has 3 rings (SSSR count). The zero-order valence-corrected chi connectivity index (χ0v) is 15.7. The maximum absolute atomic E-state index is 13.4. The fourth-order valence-electron chi connectivity index (χ4n) is 2.33. The van der Waals surface area contributed by atoms with E-state index in [4.69, 9.17) is 0 Å². The van der Waals surface area contributed by atoms with E-state index in [9.17, 15) is 26.0 Å². The molecule has 27 heavy (non-hydrogen) atoms. The standard InChI is InChI=1S/C15H14F4N2O4S2/c1-3-6-27(22,23)20-13-21(8-9(2)26-13)10-4-5-11-12(7-10)25-15(18,19)14(16,17)24-11/h4-5,7-8H,3,6H2,1-2H3. The van der Waals surface area contributed by atoms with Gasteiger partial charge in [0.05, 0.1) is 11.4 Å². The van der Waals surface area contributed by atoms with Crippen molar-refractivity contribution < 1.29 is 35.5 Å². The number of fused-ring (bicyclic) bond motifs is 1. The molecule has 2 aromatic rings. The van der Waals surface area contributed by atoms with Crippen molar-refractivity contribution >= 4 is 21.4 Å². The third kappa shape index (κ3) is 3.81. The predicted molar refractivity (Wildman–Crippen MR) is 89.2 cm³/mol. The van der Waals surface area contributed by atoms with Crippen molar-refractivity contribution in [1.82, 2.24) is 4.57 Å². The van der Waals surface area contributed by atoms with Gasteiger partial charge in [-0.05, 0) is 25.5 Å². The van der Waals surface area contributed by atoms with Crippen molar-refractivity contribution in [3.8, 4) is 17.2 Å². The van der Waals surface area contributed by atoms with Gasteiger partial charge in [0.2, 0.25) is 4.80 Å². The van der Waals surface area contributed by atoms with E-state index in [2.05, 4.69) is 13.9 Å². The van der Waals surface area contributed by atoms with Gasteiger partial charge in [-0.25, -0.2) is 8.42 Å². The highest BCUT2D eigenvalue weighted by Crippen LogP contribution is 2.47. The van der Waals surface area contributed by atoms with Crippen molar-refractivity contribution in [2.45, 2.75) is 32.5 Å². The minimum Gasteiger partial charge on any atom is -0.421 e. The molecule has 6 nitrogen and oxygen atoms in total. The molecule has 0 N–H and O–H groups in total. The smallest absolute Gasteiger partial charge is 0.421 e. The summed E-state index contributed by atoms with van der Waals surface area (Å²) in [5.41, 5.74) is 0.202. The minimum absolute atomic E-state index is 0.0923. The van der Waals surface area contributed by atoms with Crippen LogP contribution in [-0.4, -0.2) is 31.0 Å². The monoisotopic (exact) mass is 426 g/mol. The van der Waals surface area contributed by atoms with E-state index in [1.807, 2.05) is 0 Å². The lowest BCUT2D eigenvalue weighted by molar-refractivity contribution is -0.391. The second kappa shape index (κ2) is 6.51. The Balaban J connectivity index is 2.09. The molecular weight excluding hydrogens is 412 g/mol. The quantitative estimate of drug-likeness (QED) is 0.703. The van der Waals surface area contributed by atoms with E-state index in [-0.39, 0.29) is 16.2 Å². The average molecular weight is 426 g/mol. The number of sulfonamides is 1. The van der Waals surface area contributed by atoms with Crippen molar-refractivity contribution in [3.05, 3.63) is 34.1 Å². The lowest BCUT2D eigenvalue weighted by atomic mass is 10.2. The van der Waals surface area contributed by atoms with E-state index in [0.29, 0.717) is 11.3 Å². The number of rotatable bonds is 4. The van der Waals surface area contributed by atoms with Crippen molar-refractivity contribution in [2.75, 3.05) is 5.75 Å². The topological polar surface area (TPSA) is 69.9 Å². The lowest BCUT2D eigenvalue weighted by Crippen LogP contribution is -2.52. The van der Waals surface area contributed by atoms with Gasteiger partial charge in [-0.3, -0.25) is 4.57 Å². The SMILES string of the molecule is CCCS(=O)(=O)N=c1sc(C)cn1-c1ccc2c(c1)OC(F)(F)C(F)(F)O2. The molecule has 1 aliphatic rings. The summed E-state index contributed by atoms with van der Waals surface area (Å²) in [6.07, 6.45) is -7.72. The molecule has 1 aliphatic heterocycles. The Bertz CT molecular complexity index is 1040. The molecule has 0 unspecified atom stereocenters. The summed E-state index contributed by atoms with van der Waals surface area (Å²) in [4.78, 5) is 0.793. The van der Waals surface area contributed by atoms with Crippen LogP contribution in [0.25, 0.3) is 5.69 Å². The zero-order chi connectivity index (χ0) is 20.0. The summed E-state index contributed by atoms with van der Waals surface area (Å²) in [6.45, 7) is 3.40. The van der Waals surface area contributed by atoms with Gasteiger partial charge in [0.1, 0.15) is 0 Å². The predicted octanol–water partition coefficient (Wildman–Crippen LogP) is 3.44. The van der Waals surface area contributed by atoms with Gasteiger partial charge in [0.15, 0.2) is 11.5 Å². The number of aryl methyl sites for hydroxylation is 1. The van der Waals surface area contributed by atoms with Crippen LogP contribution in [0.5, 0.6) is 11.5 Å². The van der Waals surface area contributed by atoms with Crippen molar-refractivity contribution in [2.24, 2.45) is 4.40 Å². The lowest BCUT2D eigenvalue weighted by Gasteiger charge is -2.31. The summed E-state index contributed by atoms with van der Waals surface area (Å²) in [7, 11) is -3.71. The maximum atomic E-state index is 13.4. The Morgan fingerprint density at radius 3 is 2.41 bits per heavy atom. The molecule has 0 amide bonds. The van der Waals surface area contributed by atoms with Crippen LogP contribution in [0.2, 0.25) is 0 Å². The van der Waals surface area contributed by atoms with Crippen LogP contribution in [0, 0.1) is 6.92 Å². The van der Waals surface area contributed by atoms with Crippen molar-refractivity contribution in [1.29, 1.82) is 0 Å². The summed E-state index contributed by atoms with van der Waals surface area (Å²) >= 11 is 1.08. The van der Waals surface area contributed by atoms with E-state index in [1.54, 1.807) is 20.0 Å². The van der Waals surface area contributed by atoms with Gasteiger partial charge in [0, 0.05) is 17.1 Å². The molecule has 2 heterocycles. The first kappa shape index (κ1) is 19.7. The second-order valence-electron chi connectivity index (χ2n) is 5.74. The fourth-order valence-corrected chi connectivity index (χ4v) is 4.46. The van der Waals surface area contributed by atoms with E-state index < -0.39 is 33.7 Å². The van der Waals surface area contributed by atoms with Gasteiger partial charge >= 0.3 is 12.2 Å². The fraction of sp³-hybridized carbons (Fsp3) is 0.400. The van der Waals surface area contributed by atoms with Crippen LogP contribution in [0.1, 0.15) is 18.2 Å². The molecule has 0 saturated carbocycles. The molecule has 1 aromatic heterocycles. The molecule has 0 spiro atoms. The molecule has 0 bridgehead atoms. The third-order valence-electron chi connectivity index (χ3n) is 3.47. The molecule has 0 radical (unpaired) electrons. The van der Waals surface area contributed by atoms with Gasteiger partial charge in [-0.2, -0.15) is 17.6 Å². The highest BCUT2D eigenvalue weighted by molar-refractivity contribution is 7.90. The Labute approximate surface area is 155 Å². The second-order valence-corrected chi connectivity index (χ2v) is 8.71. The Morgan fingerprint density at radius 1 is 1.15 bits per heavy atom. The first-order valence-electron chi connectivity index (χ1n) is 7.70.